The first-order chi connectivity index (χ1) is 19.4. The van der Waals surface area contributed by atoms with Crippen LogP contribution in [0.25, 0.3) is 16.3 Å². The molecular formula is C24H29F3N8O3S2. The van der Waals surface area contributed by atoms with E-state index in [4.69, 9.17) is 1.37 Å². The molecule has 0 bridgehead atoms. The summed E-state index contributed by atoms with van der Waals surface area (Å²) in [6, 6.07) is 1.26. The highest BCUT2D eigenvalue weighted by Crippen LogP contribution is 2.38. The Morgan fingerprint density at radius 3 is 2.60 bits per heavy atom. The Bertz CT molecular complexity index is 1580. The molecule has 3 aromatic heterocycles. The van der Waals surface area contributed by atoms with Crippen LogP contribution in [0.15, 0.2) is 23.4 Å². The second-order valence-electron chi connectivity index (χ2n) is 10.8. The fourth-order valence-electron chi connectivity index (χ4n) is 5.20. The number of aromatic nitrogens is 4. The van der Waals surface area contributed by atoms with Gasteiger partial charge in [0, 0.05) is 39.3 Å². The smallest absolute Gasteiger partial charge is 0.366 e. The van der Waals surface area contributed by atoms with Crippen molar-refractivity contribution in [3.05, 3.63) is 23.5 Å². The number of imidazole rings is 1. The van der Waals surface area contributed by atoms with E-state index in [0.717, 1.165) is 19.4 Å². The quantitative estimate of drug-likeness (QED) is 0.460. The predicted octanol–water partition coefficient (Wildman–Crippen LogP) is 2.45. The van der Waals surface area contributed by atoms with Crippen molar-refractivity contribution in [1.29, 1.82) is 0 Å². The van der Waals surface area contributed by atoms with Crippen LogP contribution < -0.4 is 9.62 Å². The average molecular weight is 600 g/mol. The molecule has 6 rings (SSSR count). The van der Waals surface area contributed by atoms with E-state index in [1.165, 1.54) is 16.8 Å². The number of likely N-dealkylation sites (N-methyl/N-ethyl adjacent to an activating group) is 1. The SMILES string of the molecule is [2H]CN1CCC[C@H]1C(=O)N1CCN(c2cc(S(=O)(=O)NC3(C)CC3)cn3c(-c4nnc(C(F)(F)F)s4)ncc23)CC1. The number of alkyl halides is 3. The summed E-state index contributed by atoms with van der Waals surface area (Å²) in [4.78, 5) is 23.0. The molecule has 0 aromatic carbocycles. The van der Waals surface area contributed by atoms with E-state index in [2.05, 4.69) is 19.9 Å². The zero-order valence-electron chi connectivity index (χ0n) is 22.7. The van der Waals surface area contributed by atoms with Crippen molar-refractivity contribution in [2.75, 3.05) is 44.6 Å². The summed E-state index contributed by atoms with van der Waals surface area (Å²) < 4.78 is 78.4. The molecule has 1 atom stereocenters. The van der Waals surface area contributed by atoms with Gasteiger partial charge in [0.1, 0.15) is 4.90 Å². The topological polar surface area (TPSA) is 116 Å². The number of sulfonamides is 1. The number of carbonyl (C=O) groups is 1. The van der Waals surface area contributed by atoms with E-state index in [0.29, 0.717) is 61.6 Å². The minimum atomic E-state index is -4.67. The molecule has 3 aromatic rings. The number of piperazine rings is 1. The van der Waals surface area contributed by atoms with Crippen molar-refractivity contribution >= 4 is 38.5 Å². The Labute approximate surface area is 234 Å². The predicted molar refractivity (Wildman–Crippen MR) is 142 cm³/mol. The Morgan fingerprint density at radius 2 is 1.95 bits per heavy atom. The molecule has 3 fully saturated rings. The molecule has 3 aliphatic rings. The molecule has 0 unspecified atom stereocenters. The molecule has 2 saturated heterocycles. The van der Waals surface area contributed by atoms with Gasteiger partial charge in [-0.2, -0.15) is 13.2 Å². The zero-order valence-corrected chi connectivity index (χ0v) is 23.3. The third-order valence-corrected chi connectivity index (χ3v) is 10.3. The molecule has 1 aliphatic carbocycles. The first kappa shape index (κ1) is 26.1. The molecule has 40 heavy (non-hydrogen) atoms. The van der Waals surface area contributed by atoms with Crippen LogP contribution in [0.2, 0.25) is 0 Å². The standard InChI is InChI=1S/C24H29F3N8O3S2/c1-23(5-6-23)31-40(37,38)15-12-17(33-8-10-34(11-9-33)21(36)16-4-3-7-32(16)2)18-13-28-19(35(18)14-15)20-29-30-22(39-20)24(25,26)27/h12-14,16,31H,3-11H2,1-2H3/t16-/m0/s1/i2D. The fraction of sp³-hybridized carbons (Fsp3) is 0.583. The van der Waals surface area contributed by atoms with Gasteiger partial charge < -0.3 is 9.80 Å². The molecule has 1 N–H and O–H groups in total. The third-order valence-electron chi connectivity index (χ3n) is 7.73. The summed E-state index contributed by atoms with van der Waals surface area (Å²) in [5.41, 5.74) is 0.497. The van der Waals surface area contributed by atoms with Crippen LogP contribution in [0.3, 0.4) is 0 Å². The van der Waals surface area contributed by atoms with Crippen LogP contribution in [0.5, 0.6) is 0 Å². The summed E-state index contributed by atoms with van der Waals surface area (Å²) in [6.07, 6.45) is 1.18. The first-order valence-electron chi connectivity index (χ1n) is 13.6. The monoisotopic (exact) mass is 599 g/mol. The summed E-state index contributed by atoms with van der Waals surface area (Å²) in [5.74, 6) is 0.0515. The number of hydrogen-bond donors (Lipinski definition) is 1. The lowest BCUT2D eigenvalue weighted by Crippen LogP contribution is -2.53. The second-order valence-corrected chi connectivity index (χ2v) is 13.4. The molecule has 1 amide bonds. The molecule has 16 heteroatoms. The number of likely N-dealkylation sites (tertiary alicyclic amines) is 1. The van der Waals surface area contributed by atoms with Gasteiger partial charge in [0.2, 0.25) is 20.9 Å². The number of nitrogens with zero attached hydrogens (tertiary/aromatic N) is 7. The van der Waals surface area contributed by atoms with E-state index in [1.807, 2.05) is 16.7 Å². The van der Waals surface area contributed by atoms with Crippen molar-refractivity contribution in [1.82, 2.24) is 34.1 Å². The molecule has 11 nitrogen and oxygen atoms in total. The number of nitrogens with one attached hydrogen (secondary N) is 1. The number of hydrogen-bond acceptors (Lipinski definition) is 9. The normalized spacial score (nSPS) is 22.2. The van der Waals surface area contributed by atoms with Crippen LogP contribution in [0.1, 0.15) is 39.0 Å². The highest BCUT2D eigenvalue weighted by atomic mass is 32.2. The number of rotatable bonds is 6. The van der Waals surface area contributed by atoms with E-state index in [9.17, 15) is 26.4 Å². The number of pyridine rings is 1. The Hall–Kier alpha value is -2.82. The van der Waals surface area contributed by atoms with Gasteiger partial charge in [-0.3, -0.25) is 14.1 Å². The van der Waals surface area contributed by atoms with Crippen molar-refractivity contribution in [2.45, 2.75) is 55.3 Å². The van der Waals surface area contributed by atoms with Crippen LogP contribution in [0, 0.1) is 0 Å². The summed E-state index contributed by atoms with van der Waals surface area (Å²) >= 11 is 0.334. The largest absolute Gasteiger partial charge is 0.445 e. The molecule has 2 aliphatic heterocycles. The van der Waals surface area contributed by atoms with Crippen LogP contribution in [-0.4, -0.2) is 95.0 Å². The summed E-state index contributed by atoms with van der Waals surface area (Å²) in [5, 5.41) is 5.73. The van der Waals surface area contributed by atoms with Crippen LogP contribution in [0.4, 0.5) is 18.9 Å². The van der Waals surface area contributed by atoms with Crippen LogP contribution in [-0.2, 0) is 21.0 Å². The lowest BCUT2D eigenvalue weighted by molar-refractivity contribution is -0.138. The van der Waals surface area contributed by atoms with Crippen molar-refractivity contribution < 1.29 is 27.8 Å². The summed E-state index contributed by atoms with van der Waals surface area (Å²) in [7, 11) is -3.90. The van der Waals surface area contributed by atoms with Gasteiger partial charge in [-0.1, -0.05) is 11.3 Å². The fourth-order valence-corrected chi connectivity index (χ4v) is 7.38. The van der Waals surface area contributed by atoms with Crippen LogP contribution >= 0.6 is 11.3 Å². The van der Waals surface area contributed by atoms with Gasteiger partial charge in [-0.15, -0.1) is 10.2 Å². The highest BCUT2D eigenvalue weighted by Gasteiger charge is 2.42. The Kier molecular flexibility index (Phi) is 6.29. The average Bonchev–Trinajstić information content (AvgIpc) is 3.39. The van der Waals surface area contributed by atoms with E-state index in [-0.39, 0.29) is 34.7 Å². The number of carbonyl (C=O) groups excluding carboxylic acids is 1. The maximum Gasteiger partial charge on any atom is 0.445 e. The van der Waals surface area contributed by atoms with Gasteiger partial charge in [0.25, 0.3) is 0 Å². The zero-order chi connectivity index (χ0) is 29.2. The van der Waals surface area contributed by atoms with Crippen molar-refractivity contribution in [3.63, 3.8) is 0 Å². The first-order valence-corrected chi connectivity index (χ1v) is 15.2. The molecule has 0 spiro atoms. The molecule has 5 heterocycles. The maximum atomic E-state index is 13.4. The molecule has 1 saturated carbocycles. The number of anilines is 1. The Morgan fingerprint density at radius 1 is 1.20 bits per heavy atom. The number of amides is 1. The molecular weight excluding hydrogens is 569 g/mol. The van der Waals surface area contributed by atoms with Gasteiger partial charge >= 0.3 is 6.18 Å². The minimum absolute atomic E-state index is 0.00105. The van der Waals surface area contributed by atoms with E-state index >= 15 is 0 Å². The van der Waals surface area contributed by atoms with E-state index in [1.54, 1.807) is 11.0 Å². The minimum Gasteiger partial charge on any atom is -0.366 e. The number of fused-ring (bicyclic) bond motifs is 1. The lowest BCUT2D eigenvalue weighted by atomic mass is 10.1. The van der Waals surface area contributed by atoms with Gasteiger partial charge in [0.05, 0.1) is 23.4 Å². The van der Waals surface area contributed by atoms with Gasteiger partial charge in [-0.05, 0) is 52.2 Å². The molecule has 216 valence electrons. The third kappa shape index (κ3) is 5.05. The number of halogens is 3. The van der Waals surface area contributed by atoms with Gasteiger partial charge in [-0.25, -0.2) is 18.1 Å². The Balaban J connectivity index is 1.34. The summed E-state index contributed by atoms with van der Waals surface area (Å²) in [6.45, 7) is 4.20. The second kappa shape index (κ2) is 9.63. The maximum absolute atomic E-state index is 13.4. The van der Waals surface area contributed by atoms with Crippen molar-refractivity contribution in [2.24, 2.45) is 0 Å². The van der Waals surface area contributed by atoms with Gasteiger partial charge in [0.15, 0.2) is 10.8 Å². The molecule has 0 radical (unpaired) electrons. The van der Waals surface area contributed by atoms with Crippen molar-refractivity contribution in [3.8, 4) is 10.8 Å². The highest BCUT2D eigenvalue weighted by molar-refractivity contribution is 7.89. The lowest BCUT2D eigenvalue weighted by Gasteiger charge is -2.38. The van der Waals surface area contributed by atoms with E-state index < -0.39 is 26.7 Å².